The molecule has 4 rings (SSSR count). The van der Waals surface area contributed by atoms with Crippen LogP contribution >= 0.6 is 0 Å². The number of ether oxygens (including phenoxy) is 1. The number of likely N-dealkylation sites (tertiary alicyclic amines) is 1. The summed E-state index contributed by atoms with van der Waals surface area (Å²) in [7, 11) is 0. The molecular formula is C23H27F3N4O3. The lowest BCUT2D eigenvalue weighted by Crippen LogP contribution is -2.41. The third kappa shape index (κ3) is 4.84. The molecule has 178 valence electrons. The third-order valence-electron chi connectivity index (χ3n) is 6.29. The van der Waals surface area contributed by atoms with E-state index in [-0.39, 0.29) is 29.8 Å². The van der Waals surface area contributed by atoms with E-state index in [1.54, 1.807) is 6.92 Å². The van der Waals surface area contributed by atoms with Crippen LogP contribution in [0.15, 0.2) is 30.3 Å². The molecule has 0 saturated carbocycles. The maximum absolute atomic E-state index is 13.9. The van der Waals surface area contributed by atoms with Crippen LogP contribution in [0.4, 0.5) is 19.0 Å². The Kier molecular flexibility index (Phi) is 6.36. The molecule has 7 nitrogen and oxygen atoms in total. The first-order chi connectivity index (χ1) is 15.7. The molecule has 1 amide bonds. The minimum atomic E-state index is -4.51. The Morgan fingerprint density at radius 1 is 1.18 bits per heavy atom. The van der Waals surface area contributed by atoms with E-state index < -0.39 is 24.2 Å². The average molecular weight is 464 g/mol. The molecule has 2 aliphatic heterocycles. The van der Waals surface area contributed by atoms with Crippen molar-refractivity contribution in [3.05, 3.63) is 47.2 Å². The van der Waals surface area contributed by atoms with Crippen LogP contribution < -0.4 is 5.32 Å². The van der Waals surface area contributed by atoms with Gasteiger partial charge in [0.25, 0.3) is 5.91 Å². The summed E-state index contributed by atoms with van der Waals surface area (Å²) in [6.07, 6.45) is -3.82. The average Bonchev–Trinajstić information content (AvgIpc) is 3.22. The van der Waals surface area contributed by atoms with E-state index >= 15 is 0 Å². The number of halogens is 3. The Hall–Kier alpha value is -3.04. The fourth-order valence-corrected chi connectivity index (χ4v) is 4.44. The van der Waals surface area contributed by atoms with Gasteiger partial charge in [-0.25, -0.2) is 4.68 Å². The third-order valence-corrected chi connectivity index (χ3v) is 6.29. The Bertz CT molecular complexity index is 1010. The van der Waals surface area contributed by atoms with Gasteiger partial charge in [0.1, 0.15) is 5.82 Å². The van der Waals surface area contributed by atoms with Crippen molar-refractivity contribution < 1.29 is 27.5 Å². The predicted molar refractivity (Wildman–Crippen MR) is 115 cm³/mol. The van der Waals surface area contributed by atoms with Crippen LogP contribution in [0.5, 0.6) is 0 Å². The van der Waals surface area contributed by atoms with Gasteiger partial charge in [0.05, 0.1) is 18.6 Å². The standard InChI is InChI=1S/C23H27F3N4O3/c1-3-33-22(32)16-8-10-29(11-9-16)21(31)18-13-20-27-17(15-6-4-14(2)5-7-15)12-19(23(24,25)26)30(20)28-18/h4-7,13,16-17,19,27H,3,8-12H2,1-2H3. The number of aromatic nitrogens is 2. The minimum Gasteiger partial charge on any atom is -0.466 e. The highest BCUT2D eigenvalue weighted by Crippen LogP contribution is 2.43. The maximum Gasteiger partial charge on any atom is 0.410 e. The first kappa shape index (κ1) is 23.1. The molecule has 2 aliphatic rings. The van der Waals surface area contributed by atoms with Gasteiger partial charge in [-0.05, 0) is 32.3 Å². The predicted octanol–water partition coefficient (Wildman–Crippen LogP) is 4.27. The van der Waals surface area contributed by atoms with Crippen molar-refractivity contribution in [2.45, 2.75) is 51.4 Å². The summed E-state index contributed by atoms with van der Waals surface area (Å²) in [5, 5.41) is 7.17. The fraction of sp³-hybridized carbons (Fsp3) is 0.522. The molecule has 1 aromatic carbocycles. The number of anilines is 1. The van der Waals surface area contributed by atoms with Crippen molar-refractivity contribution in [1.29, 1.82) is 0 Å². The Balaban J connectivity index is 1.53. The van der Waals surface area contributed by atoms with Crippen molar-refractivity contribution in [2.24, 2.45) is 5.92 Å². The van der Waals surface area contributed by atoms with E-state index in [9.17, 15) is 22.8 Å². The number of carbonyl (C=O) groups is 2. The SMILES string of the molecule is CCOC(=O)C1CCN(C(=O)c2cc3n(n2)C(C(F)(F)F)CC(c2ccc(C)cc2)N3)CC1. The first-order valence-corrected chi connectivity index (χ1v) is 11.1. The van der Waals surface area contributed by atoms with Gasteiger partial charge in [-0.1, -0.05) is 29.8 Å². The topological polar surface area (TPSA) is 76.5 Å². The molecule has 0 radical (unpaired) electrons. The van der Waals surface area contributed by atoms with Gasteiger partial charge in [0.2, 0.25) is 0 Å². The lowest BCUT2D eigenvalue weighted by Gasteiger charge is -2.33. The van der Waals surface area contributed by atoms with E-state index in [0.717, 1.165) is 15.8 Å². The quantitative estimate of drug-likeness (QED) is 0.684. The Morgan fingerprint density at radius 3 is 2.45 bits per heavy atom. The molecule has 10 heteroatoms. The molecule has 1 N–H and O–H groups in total. The molecule has 1 saturated heterocycles. The number of carbonyl (C=O) groups excluding carboxylic acids is 2. The number of nitrogens with zero attached hydrogens (tertiary/aromatic N) is 3. The summed E-state index contributed by atoms with van der Waals surface area (Å²) >= 11 is 0. The van der Waals surface area contributed by atoms with Crippen molar-refractivity contribution in [2.75, 3.05) is 25.0 Å². The highest BCUT2D eigenvalue weighted by atomic mass is 19.4. The van der Waals surface area contributed by atoms with Crippen LogP contribution in [0.1, 0.15) is 59.9 Å². The van der Waals surface area contributed by atoms with Crippen LogP contribution in [0.2, 0.25) is 0 Å². The smallest absolute Gasteiger partial charge is 0.410 e. The second kappa shape index (κ2) is 9.07. The number of piperidine rings is 1. The summed E-state index contributed by atoms with van der Waals surface area (Å²) in [5.41, 5.74) is 1.73. The number of hydrogen-bond acceptors (Lipinski definition) is 5. The Morgan fingerprint density at radius 2 is 1.85 bits per heavy atom. The van der Waals surface area contributed by atoms with Gasteiger partial charge in [0.15, 0.2) is 11.7 Å². The van der Waals surface area contributed by atoms with Crippen LogP contribution in [0.25, 0.3) is 0 Å². The molecule has 33 heavy (non-hydrogen) atoms. The summed E-state index contributed by atoms with van der Waals surface area (Å²) in [4.78, 5) is 26.4. The zero-order chi connectivity index (χ0) is 23.8. The van der Waals surface area contributed by atoms with E-state index in [1.165, 1.54) is 11.0 Å². The summed E-state index contributed by atoms with van der Waals surface area (Å²) < 4.78 is 47.6. The van der Waals surface area contributed by atoms with Crippen molar-refractivity contribution >= 4 is 17.7 Å². The molecule has 2 unspecified atom stereocenters. The van der Waals surface area contributed by atoms with Crippen molar-refractivity contribution in [3.8, 4) is 0 Å². The monoisotopic (exact) mass is 464 g/mol. The molecule has 1 fully saturated rings. The number of rotatable bonds is 4. The van der Waals surface area contributed by atoms with Crippen LogP contribution in [-0.2, 0) is 9.53 Å². The lowest BCUT2D eigenvalue weighted by molar-refractivity contribution is -0.173. The van der Waals surface area contributed by atoms with Gasteiger partial charge >= 0.3 is 12.1 Å². The molecule has 2 atom stereocenters. The molecule has 0 bridgehead atoms. The maximum atomic E-state index is 13.9. The first-order valence-electron chi connectivity index (χ1n) is 11.1. The number of alkyl halides is 3. The lowest BCUT2D eigenvalue weighted by atomic mass is 9.96. The summed E-state index contributed by atoms with van der Waals surface area (Å²) in [5.74, 6) is -0.815. The highest BCUT2D eigenvalue weighted by Gasteiger charge is 2.47. The summed E-state index contributed by atoms with van der Waals surface area (Å²) in [6, 6.07) is 6.35. The summed E-state index contributed by atoms with van der Waals surface area (Å²) in [6.45, 7) is 4.61. The highest BCUT2D eigenvalue weighted by molar-refractivity contribution is 5.93. The van der Waals surface area contributed by atoms with Crippen molar-refractivity contribution in [3.63, 3.8) is 0 Å². The molecule has 3 heterocycles. The normalized spacial score (nSPS) is 21.3. The van der Waals surface area contributed by atoms with Gasteiger partial charge in [-0.2, -0.15) is 18.3 Å². The van der Waals surface area contributed by atoms with Crippen LogP contribution in [-0.4, -0.2) is 52.4 Å². The number of hydrogen-bond donors (Lipinski definition) is 1. The zero-order valence-corrected chi connectivity index (χ0v) is 18.6. The molecular weight excluding hydrogens is 437 g/mol. The van der Waals surface area contributed by atoms with Gasteiger partial charge in [0, 0.05) is 25.6 Å². The second-order valence-corrected chi connectivity index (χ2v) is 8.58. The molecule has 1 aromatic heterocycles. The number of esters is 1. The largest absolute Gasteiger partial charge is 0.466 e. The van der Waals surface area contributed by atoms with Crippen LogP contribution in [0, 0.1) is 12.8 Å². The second-order valence-electron chi connectivity index (χ2n) is 8.58. The number of nitrogens with one attached hydrogen (secondary N) is 1. The minimum absolute atomic E-state index is 0.0362. The van der Waals surface area contributed by atoms with E-state index in [4.69, 9.17) is 4.74 Å². The van der Waals surface area contributed by atoms with E-state index in [2.05, 4.69) is 10.4 Å². The van der Waals surface area contributed by atoms with E-state index in [0.29, 0.717) is 32.5 Å². The molecule has 2 aromatic rings. The molecule has 0 aliphatic carbocycles. The van der Waals surface area contributed by atoms with E-state index in [1.807, 2.05) is 31.2 Å². The fourth-order valence-electron chi connectivity index (χ4n) is 4.44. The van der Waals surface area contributed by atoms with Gasteiger partial charge in [-0.15, -0.1) is 0 Å². The number of amides is 1. The number of aryl methyl sites for hydroxylation is 1. The van der Waals surface area contributed by atoms with Gasteiger partial charge in [-0.3, -0.25) is 9.59 Å². The van der Waals surface area contributed by atoms with Crippen molar-refractivity contribution in [1.82, 2.24) is 14.7 Å². The zero-order valence-electron chi connectivity index (χ0n) is 18.6. The number of benzene rings is 1. The molecule has 0 spiro atoms. The number of fused-ring (bicyclic) bond motifs is 1. The van der Waals surface area contributed by atoms with Gasteiger partial charge < -0.3 is 15.0 Å². The Labute approximate surface area is 189 Å². The van der Waals surface area contributed by atoms with Crippen LogP contribution in [0.3, 0.4) is 0 Å².